The molecular formula is C18H21F3N4O4S. The molecule has 0 bridgehead atoms. The Hall–Kier alpha value is -2.60. The van der Waals surface area contributed by atoms with Crippen LogP contribution < -0.4 is 5.32 Å². The van der Waals surface area contributed by atoms with Gasteiger partial charge in [0.05, 0.1) is 17.6 Å². The molecule has 1 amide bonds. The van der Waals surface area contributed by atoms with Crippen molar-refractivity contribution in [2.24, 2.45) is 5.16 Å². The van der Waals surface area contributed by atoms with Crippen LogP contribution >= 0.6 is 11.8 Å². The van der Waals surface area contributed by atoms with E-state index in [4.69, 9.17) is 0 Å². The van der Waals surface area contributed by atoms with Gasteiger partial charge in [0, 0.05) is 18.7 Å². The zero-order chi connectivity index (χ0) is 22.3. The van der Waals surface area contributed by atoms with Crippen LogP contribution in [0.5, 0.6) is 0 Å². The summed E-state index contributed by atoms with van der Waals surface area (Å²) in [5, 5.41) is 32.4. The first kappa shape index (κ1) is 23.7. The fraction of sp³-hybridized carbons (Fsp3) is 0.444. The minimum absolute atomic E-state index is 0.00311. The lowest BCUT2D eigenvalue weighted by atomic mass is 10.0. The Morgan fingerprint density at radius 1 is 1.37 bits per heavy atom. The van der Waals surface area contributed by atoms with E-state index in [1.54, 1.807) is 0 Å². The first-order valence-corrected chi connectivity index (χ1v) is 9.81. The fourth-order valence-electron chi connectivity index (χ4n) is 2.48. The zero-order valence-corrected chi connectivity index (χ0v) is 17.0. The average Bonchev–Trinajstić information content (AvgIpc) is 3.11. The summed E-state index contributed by atoms with van der Waals surface area (Å²) in [5.74, 6) is -0.962. The van der Waals surface area contributed by atoms with Crippen LogP contribution in [0.1, 0.15) is 43.5 Å². The molecule has 2 rings (SSSR count). The maximum absolute atomic E-state index is 13.5. The smallest absolute Gasteiger partial charge is 0.266 e. The molecule has 3 N–H and O–H groups in total. The standard InChI is InChI=1S/C18H21F3N4O4S/c1-18(2,27)9-14(26)22-5-6-30-17-15(24-29-25-17)13(23-28)8-10-3-4-12(19)11(7-10)16(20)21/h3-4,7,16,27-28H,5-6,8-9H2,1-2H3,(H,22,26). The third-order valence-corrected chi connectivity index (χ3v) is 4.73. The molecule has 0 unspecified atom stereocenters. The van der Waals surface area contributed by atoms with E-state index in [0.29, 0.717) is 5.75 Å². The number of hydrogen-bond donors (Lipinski definition) is 3. The van der Waals surface area contributed by atoms with E-state index in [9.17, 15) is 28.3 Å². The number of halogens is 3. The molecule has 1 aromatic heterocycles. The normalized spacial score (nSPS) is 12.4. The summed E-state index contributed by atoms with van der Waals surface area (Å²) >= 11 is 1.16. The maximum Gasteiger partial charge on any atom is 0.266 e. The van der Waals surface area contributed by atoms with Crippen molar-refractivity contribution in [3.8, 4) is 0 Å². The van der Waals surface area contributed by atoms with Gasteiger partial charge in [0.1, 0.15) is 11.5 Å². The van der Waals surface area contributed by atoms with Crippen LogP contribution in [0, 0.1) is 5.82 Å². The molecule has 0 atom stereocenters. The Kier molecular flexibility index (Phi) is 8.24. The summed E-state index contributed by atoms with van der Waals surface area (Å²) in [5.41, 5.74) is -1.47. The highest BCUT2D eigenvalue weighted by Gasteiger charge is 2.21. The number of hydrogen-bond acceptors (Lipinski definition) is 8. The topological polar surface area (TPSA) is 121 Å². The highest BCUT2D eigenvalue weighted by atomic mass is 32.2. The lowest BCUT2D eigenvalue weighted by Crippen LogP contribution is -2.33. The molecular weight excluding hydrogens is 425 g/mol. The highest BCUT2D eigenvalue weighted by molar-refractivity contribution is 7.99. The number of amides is 1. The van der Waals surface area contributed by atoms with E-state index >= 15 is 0 Å². The quantitative estimate of drug-likeness (QED) is 0.169. The van der Waals surface area contributed by atoms with Crippen molar-refractivity contribution in [2.45, 2.75) is 43.7 Å². The van der Waals surface area contributed by atoms with Gasteiger partial charge in [0.15, 0.2) is 10.7 Å². The molecule has 8 nitrogen and oxygen atoms in total. The second-order valence-electron chi connectivity index (χ2n) is 6.99. The van der Waals surface area contributed by atoms with Crippen LogP contribution in [-0.4, -0.2) is 50.1 Å². The number of carbonyl (C=O) groups excluding carboxylic acids is 1. The van der Waals surface area contributed by atoms with E-state index < -0.39 is 23.4 Å². The number of aliphatic hydroxyl groups is 1. The van der Waals surface area contributed by atoms with Gasteiger partial charge >= 0.3 is 0 Å². The van der Waals surface area contributed by atoms with E-state index in [2.05, 4.69) is 25.4 Å². The van der Waals surface area contributed by atoms with Crippen molar-refractivity contribution in [3.05, 3.63) is 40.8 Å². The average molecular weight is 446 g/mol. The Labute approximate surface area is 174 Å². The predicted molar refractivity (Wildman–Crippen MR) is 102 cm³/mol. The third-order valence-electron chi connectivity index (χ3n) is 3.78. The van der Waals surface area contributed by atoms with E-state index in [1.165, 1.54) is 19.9 Å². The number of carbonyl (C=O) groups is 1. The van der Waals surface area contributed by atoms with Crippen LogP contribution in [0.25, 0.3) is 0 Å². The van der Waals surface area contributed by atoms with Crippen LogP contribution in [0.15, 0.2) is 33.0 Å². The van der Waals surface area contributed by atoms with Gasteiger partial charge in [-0.3, -0.25) is 4.79 Å². The van der Waals surface area contributed by atoms with Crippen molar-refractivity contribution >= 4 is 23.4 Å². The highest BCUT2D eigenvalue weighted by Crippen LogP contribution is 2.25. The molecule has 1 aromatic carbocycles. The molecule has 0 fully saturated rings. The van der Waals surface area contributed by atoms with Gasteiger partial charge in [-0.2, -0.15) is 0 Å². The minimum atomic E-state index is -2.98. The third kappa shape index (κ3) is 7.02. The molecule has 0 aliphatic rings. The molecule has 0 radical (unpaired) electrons. The van der Waals surface area contributed by atoms with Gasteiger partial charge in [0.25, 0.3) is 6.43 Å². The van der Waals surface area contributed by atoms with Gasteiger partial charge < -0.3 is 15.6 Å². The molecule has 0 aliphatic heterocycles. The Bertz CT molecular complexity index is 900. The summed E-state index contributed by atoms with van der Waals surface area (Å²) in [6.07, 6.45) is -3.14. The van der Waals surface area contributed by atoms with Crippen molar-refractivity contribution in [2.75, 3.05) is 12.3 Å². The Balaban J connectivity index is 1.99. The number of thioether (sulfide) groups is 1. The van der Waals surface area contributed by atoms with Crippen LogP contribution in [0.3, 0.4) is 0 Å². The molecule has 164 valence electrons. The number of aromatic nitrogens is 2. The molecule has 0 aliphatic carbocycles. The molecule has 0 saturated heterocycles. The fourth-order valence-corrected chi connectivity index (χ4v) is 3.25. The summed E-state index contributed by atoms with van der Waals surface area (Å²) in [6, 6.07) is 3.20. The Morgan fingerprint density at radius 2 is 2.10 bits per heavy atom. The second kappa shape index (κ2) is 10.4. The van der Waals surface area contributed by atoms with Gasteiger partial charge in [-0.25, -0.2) is 17.8 Å². The molecule has 2 aromatic rings. The van der Waals surface area contributed by atoms with E-state index in [1.807, 2.05) is 0 Å². The van der Waals surface area contributed by atoms with Crippen LogP contribution in [-0.2, 0) is 11.2 Å². The number of alkyl halides is 2. The van der Waals surface area contributed by atoms with Crippen LogP contribution in [0.4, 0.5) is 13.2 Å². The number of rotatable bonds is 10. The molecule has 12 heteroatoms. The van der Waals surface area contributed by atoms with Gasteiger partial charge in [-0.05, 0) is 41.9 Å². The second-order valence-corrected chi connectivity index (χ2v) is 8.07. The summed E-state index contributed by atoms with van der Waals surface area (Å²) < 4.78 is 43.9. The van der Waals surface area contributed by atoms with E-state index in [-0.39, 0.29) is 47.3 Å². The van der Waals surface area contributed by atoms with Crippen molar-refractivity contribution in [3.63, 3.8) is 0 Å². The van der Waals surface area contributed by atoms with Gasteiger partial charge in [-0.1, -0.05) is 23.0 Å². The SMILES string of the molecule is CC(C)(O)CC(=O)NCCSc1nonc1C(Cc1ccc(F)c(C(F)F)c1)=NO. The first-order valence-electron chi connectivity index (χ1n) is 8.83. The largest absolute Gasteiger partial charge is 0.411 e. The van der Waals surface area contributed by atoms with Gasteiger partial charge in [-0.15, -0.1) is 0 Å². The number of oxime groups is 1. The van der Waals surface area contributed by atoms with E-state index in [0.717, 1.165) is 23.9 Å². The summed E-state index contributed by atoms with van der Waals surface area (Å²) in [7, 11) is 0. The van der Waals surface area contributed by atoms with Crippen molar-refractivity contribution in [1.82, 2.24) is 15.6 Å². The summed E-state index contributed by atoms with van der Waals surface area (Å²) in [4.78, 5) is 11.7. The molecule has 0 saturated carbocycles. The number of benzene rings is 1. The molecule has 1 heterocycles. The van der Waals surface area contributed by atoms with Gasteiger partial charge in [0.2, 0.25) is 5.91 Å². The predicted octanol–water partition coefficient (Wildman–Crippen LogP) is 2.94. The zero-order valence-electron chi connectivity index (χ0n) is 16.2. The minimum Gasteiger partial charge on any atom is -0.411 e. The maximum atomic E-state index is 13.5. The lowest BCUT2D eigenvalue weighted by Gasteiger charge is -2.16. The molecule has 30 heavy (non-hydrogen) atoms. The van der Waals surface area contributed by atoms with Crippen molar-refractivity contribution in [1.29, 1.82) is 0 Å². The Morgan fingerprint density at radius 3 is 2.73 bits per heavy atom. The number of nitrogens with zero attached hydrogens (tertiary/aromatic N) is 3. The first-order chi connectivity index (χ1) is 14.1. The summed E-state index contributed by atoms with van der Waals surface area (Å²) in [6.45, 7) is 3.32. The molecule has 0 spiro atoms. The number of nitrogens with one attached hydrogen (secondary N) is 1. The van der Waals surface area contributed by atoms with Crippen LogP contribution in [0.2, 0.25) is 0 Å². The monoisotopic (exact) mass is 446 g/mol. The van der Waals surface area contributed by atoms with Crippen molar-refractivity contribution < 1.29 is 32.9 Å². The lowest BCUT2D eigenvalue weighted by molar-refractivity contribution is -0.124.